The van der Waals surface area contributed by atoms with Gasteiger partial charge in [0.05, 0.1) is 17.2 Å². The average Bonchev–Trinajstić information content (AvgIpc) is 3.16. The second kappa shape index (κ2) is 9.77. The molecule has 170 valence electrons. The molecule has 8 heteroatoms. The van der Waals surface area contributed by atoms with E-state index >= 15 is 0 Å². The SMILES string of the molecule is COCC(=O)c1cc(-c2ccc(-c3ccc(CO)c(S(C)(=O)=O)c3)cc2)n(CC(C)C)n1. The van der Waals surface area contributed by atoms with Gasteiger partial charge in [0.15, 0.2) is 9.84 Å². The lowest BCUT2D eigenvalue weighted by Crippen LogP contribution is -2.11. The van der Waals surface area contributed by atoms with Crippen molar-refractivity contribution < 1.29 is 23.1 Å². The van der Waals surface area contributed by atoms with E-state index in [-0.39, 0.29) is 23.9 Å². The van der Waals surface area contributed by atoms with Gasteiger partial charge >= 0.3 is 0 Å². The summed E-state index contributed by atoms with van der Waals surface area (Å²) >= 11 is 0. The summed E-state index contributed by atoms with van der Waals surface area (Å²) in [6.45, 7) is 4.47. The number of carbonyl (C=O) groups excluding carboxylic acids is 1. The minimum atomic E-state index is -3.47. The van der Waals surface area contributed by atoms with Crippen LogP contribution in [0, 0.1) is 5.92 Å². The van der Waals surface area contributed by atoms with Crippen LogP contribution in [0.5, 0.6) is 0 Å². The summed E-state index contributed by atoms with van der Waals surface area (Å²) in [5.74, 6) is 0.169. The number of rotatable bonds is 9. The van der Waals surface area contributed by atoms with E-state index in [2.05, 4.69) is 18.9 Å². The second-order valence-corrected chi connectivity index (χ2v) is 10.2. The van der Waals surface area contributed by atoms with Crippen LogP contribution in [0.2, 0.25) is 0 Å². The molecular weight excluding hydrogens is 428 g/mol. The Morgan fingerprint density at radius 1 is 1.06 bits per heavy atom. The van der Waals surface area contributed by atoms with E-state index < -0.39 is 9.84 Å². The third kappa shape index (κ3) is 5.32. The molecule has 0 radical (unpaired) electrons. The third-order valence-corrected chi connectivity index (χ3v) is 6.21. The molecule has 3 aromatic rings. The van der Waals surface area contributed by atoms with Crippen molar-refractivity contribution in [1.29, 1.82) is 0 Å². The van der Waals surface area contributed by atoms with Gasteiger partial charge in [0, 0.05) is 19.9 Å². The van der Waals surface area contributed by atoms with Gasteiger partial charge in [-0.2, -0.15) is 5.10 Å². The quantitative estimate of drug-likeness (QED) is 0.494. The molecule has 1 heterocycles. The van der Waals surface area contributed by atoms with Crippen molar-refractivity contribution in [3.63, 3.8) is 0 Å². The van der Waals surface area contributed by atoms with Crippen LogP contribution in [0.4, 0.5) is 0 Å². The van der Waals surface area contributed by atoms with Crippen LogP contribution in [0.3, 0.4) is 0 Å². The van der Waals surface area contributed by atoms with E-state index in [9.17, 15) is 18.3 Å². The van der Waals surface area contributed by atoms with Crippen LogP contribution in [0.25, 0.3) is 22.4 Å². The standard InChI is InChI=1S/C24H28N2O5S/c1-16(2)13-26-22(12-21(25-26)23(28)15-31-3)18-7-5-17(6-8-18)19-9-10-20(14-27)24(11-19)32(4,29)30/h5-12,16,27H,13-15H2,1-4H3. The fraction of sp³-hybridized carbons (Fsp3) is 0.333. The van der Waals surface area contributed by atoms with Crippen molar-refractivity contribution >= 4 is 15.6 Å². The number of ketones is 1. The van der Waals surface area contributed by atoms with Gasteiger partial charge in [0.25, 0.3) is 0 Å². The molecule has 0 fully saturated rings. The Kier molecular flexibility index (Phi) is 7.28. The maximum Gasteiger partial charge on any atom is 0.208 e. The number of Topliss-reactive ketones (excluding diaryl/α,β-unsaturated/α-hetero) is 1. The molecule has 3 rings (SSSR count). The lowest BCUT2D eigenvalue weighted by atomic mass is 10.0. The summed E-state index contributed by atoms with van der Waals surface area (Å²) in [5.41, 5.74) is 4.04. The van der Waals surface area contributed by atoms with E-state index in [1.54, 1.807) is 24.3 Å². The summed E-state index contributed by atoms with van der Waals surface area (Å²) in [5, 5.41) is 13.9. The van der Waals surface area contributed by atoms with E-state index in [0.717, 1.165) is 28.6 Å². The number of aliphatic hydroxyl groups is 1. The number of aliphatic hydroxyl groups excluding tert-OH is 1. The zero-order valence-electron chi connectivity index (χ0n) is 18.7. The first-order chi connectivity index (χ1) is 15.1. The Balaban J connectivity index is 1.99. The zero-order chi connectivity index (χ0) is 23.5. The second-order valence-electron chi connectivity index (χ2n) is 8.18. The lowest BCUT2D eigenvalue weighted by Gasteiger charge is -2.11. The maximum absolute atomic E-state index is 12.3. The fourth-order valence-electron chi connectivity index (χ4n) is 3.52. The van der Waals surface area contributed by atoms with E-state index in [4.69, 9.17) is 4.74 Å². The van der Waals surface area contributed by atoms with Crippen LogP contribution >= 0.6 is 0 Å². The number of nitrogens with zero attached hydrogens (tertiary/aromatic N) is 2. The highest BCUT2D eigenvalue weighted by Crippen LogP contribution is 2.29. The largest absolute Gasteiger partial charge is 0.392 e. The van der Waals surface area contributed by atoms with Gasteiger partial charge in [-0.3, -0.25) is 9.48 Å². The van der Waals surface area contributed by atoms with E-state index in [1.807, 2.05) is 28.9 Å². The van der Waals surface area contributed by atoms with Gasteiger partial charge in [0.1, 0.15) is 12.3 Å². The first-order valence-corrected chi connectivity index (χ1v) is 12.2. The molecule has 0 aliphatic carbocycles. The Morgan fingerprint density at radius 2 is 1.69 bits per heavy atom. The summed E-state index contributed by atoms with van der Waals surface area (Å²) in [6, 6.07) is 14.4. The number of hydrogen-bond donors (Lipinski definition) is 1. The molecule has 7 nitrogen and oxygen atoms in total. The smallest absolute Gasteiger partial charge is 0.208 e. The predicted molar refractivity (Wildman–Crippen MR) is 123 cm³/mol. The number of benzene rings is 2. The van der Waals surface area contributed by atoms with Crippen molar-refractivity contribution in [2.24, 2.45) is 5.92 Å². The monoisotopic (exact) mass is 456 g/mol. The third-order valence-electron chi connectivity index (χ3n) is 5.03. The van der Waals surface area contributed by atoms with Gasteiger partial charge in [0.2, 0.25) is 5.78 Å². The molecular formula is C24H28N2O5S. The van der Waals surface area contributed by atoms with Gasteiger partial charge in [-0.15, -0.1) is 0 Å². The number of ether oxygens (including phenoxy) is 1. The molecule has 1 N–H and O–H groups in total. The molecule has 0 unspecified atom stereocenters. The van der Waals surface area contributed by atoms with Gasteiger partial charge in [-0.1, -0.05) is 50.2 Å². The average molecular weight is 457 g/mol. The Hall–Kier alpha value is -2.81. The van der Waals surface area contributed by atoms with Gasteiger partial charge in [-0.05, 0) is 40.3 Å². The summed E-state index contributed by atoms with van der Waals surface area (Å²) in [4.78, 5) is 12.4. The topological polar surface area (TPSA) is 98.5 Å². The number of hydrogen-bond acceptors (Lipinski definition) is 6. The zero-order valence-corrected chi connectivity index (χ0v) is 19.5. The molecule has 0 aliphatic rings. The molecule has 0 bridgehead atoms. The highest BCUT2D eigenvalue weighted by atomic mass is 32.2. The molecule has 0 saturated carbocycles. The molecule has 0 spiro atoms. The van der Waals surface area contributed by atoms with Crippen LogP contribution in [0.1, 0.15) is 29.9 Å². The lowest BCUT2D eigenvalue weighted by molar-refractivity contribution is 0.0842. The van der Waals surface area contributed by atoms with Crippen LogP contribution in [0.15, 0.2) is 53.4 Å². The number of methoxy groups -OCH3 is 1. The number of sulfone groups is 1. The van der Waals surface area contributed by atoms with E-state index in [1.165, 1.54) is 7.11 Å². The first-order valence-electron chi connectivity index (χ1n) is 10.3. The molecule has 0 saturated heterocycles. The first kappa shape index (κ1) is 23.8. The van der Waals surface area contributed by atoms with Crippen LogP contribution < -0.4 is 0 Å². The fourth-order valence-corrected chi connectivity index (χ4v) is 4.47. The van der Waals surface area contributed by atoms with Crippen molar-refractivity contribution in [2.45, 2.75) is 31.9 Å². The summed E-state index contributed by atoms with van der Waals surface area (Å²) in [6.07, 6.45) is 1.13. The molecule has 1 aromatic heterocycles. The normalized spacial score (nSPS) is 11.8. The Labute approximate surface area is 188 Å². The maximum atomic E-state index is 12.3. The van der Waals surface area contributed by atoms with Gasteiger partial charge < -0.3 is 9.84 Å². The predicted octanol–water partition coefficient (Wildman–Crippen LogP) is 3.60. The molecule has 0 amide bonds. The highest BCUT2D eigenvalue weighted by molar-refractivity contribution is 7.90. The minimum Gasteiger partial charge on any atom is -0.392 e. The highest BCUT2D eigenvalue weighted by Gasteiger charge is 2.17. The minimum absolute atomic E-state index is 0.0242. The van der Waals surface area contributed by atoms with E-state index in [0.29, 0.717) is 23.7 Å². The van der Waals surface area contributed by atoms with Crippen molar-refractivity contribution in [3.05, 3.63) is 59.8 Å². The van der Waals surface area contributed by atoms with Crippen LogP contribution in [-0.2, 0) is 27.7 Å². The molecule has 0 aliphatic heterocycles. The van der Waals surface area contributed by atoms with Crippen molar-refractivity contribution in [2.75, 3.05) is 20.0 Å². The summed E-state index contributed by atoms with van der Waals surface area (Å²) in [7, 11) is -1.99. The van der Waals surface area contributed by atoms with Crippen molar-refractivity contribution in [3.8, 4) is 22.4 Å². The molecule has 0 atom stereocenters. The summed E-state index contributed by atoms with van der Waals surface area (Å²) < 4.78 is 31.0. The van der Waals surface area contributed by atoms with Crippen LogP contribution in [-0.4, -0.2) is 49.1 Å². The number of carbonyl (C=O) groups is 1. The van der Waals surface area contributed by atoms with Crippen molar-refractivity contribution in [1.82, 2.24) is 9.78 Å². The molecule has 32 heavy (non-hydrogen) atoms. The molecule has 2 aromatic carbocycles. The Morgan fingerprint density at radius 3 is 2.25 bits per heavy atom. The number of aromatic nitrogens is 2. The van der Waals surface area contributed by atoms with Gasteiger partial charge in [-0.25, -0.2) is 8.42 Å². The Bertz CT molecular complexity index is 1210.